The summed E-state index contributed by atoms with van der Waals surface area (Å²) in [5, 5.41) is 0. The Bertz CT molecular complexity index is 882. The van der Waals surface area contributed by atoms with Crippen LogP contribution in [0.4, 0.5) is 0 Å². The first kappa shape index (κ1) is 16.4. The summed E-state index contributed by atoms with van der Waals surface area (Å²) < 4.78 is 8.53. The van der Waals surface area contributed by atoms with E-state index in [0.717, 1.165) is 23.0 Å². The summed E-state index contributed by atoms with van der Waals surface area (Å²) in [5.41, 5.74) is 1.59. The molecule has 4 rings (SSSR count). The Hall–Kier alpha value is -2.08. The molecule has 1 amide bonds. The minimum absolute atomic E-state index is 0.00188. The highest BCUT2D eigenvalue weighted by Gasteiger charge is 2.34. The van der Waals surface area contributed by atoms with Crippen LogP contribution in [0.15, 0.2) is 45.7 Å². The maximum atomic E-state index is 12.5. The van der Waals surface area contributed by atoms with E-state index in [1.807, 2.05) is 41.8 Å². The summed E-state index contributed by atoms with van der Waals surface area (Å²) in [4.78, 5) is 26.5. The fourth-order valence-corrected chi connectivity index (χ4v) is 3.68. The molecule has 1 aromatic heterocycles. The van der Waals surface area contributed by atoms with Gasteiger partial charge in [-0.2, -0.15) is 0 Å². The van der Waals surface area contributed by atoms with Crippen LogP contribution in [-0.2, 0) is 0 Å². The largest absolute Gasteiger partial charge is 0.486 e. The van der Waals surface area contributed by atoms with Crippen LogP contribution in [0.1, 0.15) is 34.9 Å². The summed E-state index contributed by atoms with van der Waals surface area (Å²) in [7, 11) is 0. The second-order valence-electron chi connectivity index (χ2n) is 6.70. The molecule has 0 N–H and O–H groups in total. The number of aromatic nitrogens is 1. The normalized spacial score (nSPS) is 17.3. The van der Waals surface area contributed by atoms with Gasteiger partial charge in [0.1, 0.15) is 11.9 Å². The van der Waals surface area contributed by atoms with Crippen molar-refractivity contribution in [2.75, 3.05) is 13.1 Å². The molecular formula is C19H19BrN2O3. The third kappa shape index (κ3) is 3.23. The van der Waals surface area contributed by atoms with Gasteiger partial charge < -0.3 is 14.2 Å². The first-order chi connectivity index (χ1) is 12.0. The number of hydrogen-bond donors (Lipinski definition) is 0. The van der Waals surface area contributed by atoms with Gasteiger partial charge in [-0.15, -0.1) is 0 Å². The summed E-state index contributed by atoms with van der Waals surface area (Å²) in [6.07, 6.45) is 2.09. The molecule has 0 unspecified atom stereocenters. The molecule has 0 atom stereocenters. The SMILES string of the molecule is Cc1cc(OC2CN(C(=O)c3ccccc3Br)C2)cc(=O)n1C1CC1. The van der Waals surface area contributed by atoms with Crippen molar-refractivity contribution in [1.29, 1.82) is 0 Å². The quantitative estimate of drug-likeness (QED) is 0.788. The van der Waals surface area contributed by atoms with Gasteiger partial charge in [0.15, 0.2) is 0 Å². The van der Waals surface area contributed by atoms with Gasteiger partial charge >= 0.3 is 0 Å². The van der Waals surface area contributed by atoms with Crippen LogP contribution in [0.3, 0.4) is 0 Å². The lowest BCUT2D eigenvalue weighted by atomic mass is 10.1. The Morgan fingerprint density at radius 3 is 2.56 bits per heavy atom. The molecule has 6 heteroatoms. The standard InChI is InChI=1S/C19H19BrN2O3/c1-12-8-14(9-18(23)22(12)13-6-7-13)25-15-10-21(11-15)19(24)16-4-2-3-5-17(16)20/h2-5,8-9,13,15H,6-7,10-11H2,1H3. The highest BCUT2D eigenvalue weighted by Crippen LogP contribution is 2.35. The van der Waals surface area contributed by atoms with Crippen molar-refractivity contribution >= 4 is 21.8 Å². The molecule has 1 aromatic carbocycles. The molecule has 0 spiro atoms. The van der Waals surface area contributed by atoms with Crippen molar-refractivity contribution in [1.82, 2.24) is 9.47 Å². The predicted octanol–water partition coefficient (Wildman–Crippen LogP) is 3.16. The summed E-state index contributed by atoms with van der Waals surface area (Å²) in [5.74, 6) is 0.588. The highest BCUT2D eigenvalue weighted by atomic mass is 79.9. The zero-order chi connectivity index (χ0) is 17.6. The lowest BCUT2D eigenvalue weighted by Crippen LogP contribution is -2.56. The van der Waals surface area contributed by atoms with E-state index >= 15 is 0 Å². The predicted molar refractivity (Wildman–Crippen MR) is 98.2 cm³/mol. The topological polar surface area (TPSA) is 51.5 Å². The van der Waals surface area contributed by atoms with Gasteiger partial charge in [0, 0.05) is 22.3 Å². The second-order valence-corrected chi connectivity index (χ2v) is 7.56. The summed E-state index contributed by atoms with van der Waals surface area (Å²) in [6.45, 7) is 3.01. The first-order valence-electron chi connectivity index (χ1n) is 8.46. The van der Waals surface area contributed by atoms with Gasteiger partial charge in [-0.25, -0.2) is 0 Å². The maximum absolute atomic E-state index is 12.5. The smallest absolute Gasteiger partial charge is 0.255 e. The average molecular weight is 403 g/mol. The van der Waals surface area contributed by atoms with E-state index < -0.39 is 0 Å². The molecule has 2 heterocycles. The van der Waals surface area contributed by atoms with Gasteiger partial charge in [0.05, 0.1) is 18.7 Å². The molecule has 0 bridgehead atoms. The molecule has 0 radical (unpaired) electrons. The Labute approximate surface area is 154 Å². The third-order valence-corrected chi connectivity index (χ3v) is 5.38. The van der Waals surface area contributed by atoms with E-state index in [1.54, 1.807) is 11.0 Å². The fourth-order valence-electron chi connectivity index (χ4n) is 3.23. The Morgan fingerprint density at radius 1 is 1.20 bits per heavy atom. The maximum Gasteiger partial charge on any atom is 0.255 e. The number of hydrogen-bond acceptors (Lipinski definition) is 3. The molecule has 1 aliphatic carbocycles. The van der Waals surface area contributed by atoms with Gasteiger partial charge in [-0.05, 0) is 53.9 Å². The molecule has 1 saturated heterocycles. The van der Waals surface area contributed by atoms with Crippen molar-refractivity contribution in [2.45, 2.75) is 31.9 Å². The molecule has 2 fully saturated rings. The van der Waals surface area contributed by atoms with Crippen LogP contribution in [0.2, 0.25) is 0 Å². The van der Waals surface area contributed by atoms with Crippen molar-refractivity contribution < 1.29 is 9.53 Å². The molecule has 1 saturated carbocycles. The number of likely N-dealkylation sites (tertiary alicyclic amines) is 1. The van der Waals surface area contributed by atoms with Crippen molar-refractivity contribution in [3.8, 4) is 5.75 Å². The highest BCUT2D eigenvalue weighted by molar-refractivity contribution is 9.10. The minimum atomic E-state index is -0.0676. The number of carbonyl (C=O) groups excluding carboxylic acids is 1. The summed E-state index contributed by atoms with van der Waals surface area (Å²) in [6, 6.07) is 11.2. The molecule has 5 nitrogen and oxygen atoms in total. The Kier molecular flexibility index (Phi) is 4.15. The zero-order valence-corrected chi connectivity index (χ0v) is 15.5. The molecule has 2 aromatic rings. The average Bonchev–Trinajstić information content (AvgIpc) is 3.34. The van der Waals surface area contributed by atoms with E-state index in [4.69, 9.17) is 4.74 Å². The number of carbonyl (C=O) groups is 1. The van der Waals surface area contributed by atoms with E-state index in [1.165, 1.54) is 0 Å². The van der Waals surface area contributed by atoms with Crippen molar-refractivity contribution in [3.05, 3.63) is 62.5 Å². The van der Waals surface area contributed by atoms with Crippen molar-refractivity contribution in [3.63, 3.8) is 0 Å². The lowest BCUT2D eigenvalue weighted by molar-refractivity contribution is 0.0176. The number of halogens is 1. The molecular weight excluding hydrogens is 384 g/mol. The van der Waals surface area contributed by atoms with Crippen LogP contribution in [0.25, 0.3) is 0 Å². The lowest BCUT2D eigenvalue weighted by Gasteiger charge is -2.39. The molecule has 2 aliphatic rings. The first-order valence-corrected chi connectivity index (χ1v) is 9.26. The molecule has 1 aliphatic heterocycles. The van der Waals surface area contributed by atoms with Gasteiger partial charge in [0.2, 0.25) is 0 Å². The number of pyridine rings is 1. The number of benzene rings is 1. The van der Waals surface area contributed by atoms with E-state index in [0.29, 0.717) is 30.4 Å². The third-order valence-electron chi connectivity index (χ3n) is 4.69. The van der Waals surface area contributed by atoms with Gasteiger partial charge in [-0.1, -0.05) is 12.1 Å². The summed E-state index contributed by atoms with van der Waals surface area (Å²) >= 11 is 3.41. The zero-order valence-electron chi connectivity index (χ0n) is 13.9. The van der Waals surface area contributed by atoms with Gasteiger partial charge in [-0.3, -0.25) is 9.59 Å². The van der Waals surface area contributed by atoms with Gasteiger partial charge in [0.25, 0.3) is 11.5 Å². The van der Waals surface area contributed by atoms with Crippen LogP contribution in [0, 0.1) is 6.92 Å². The van der Waals surface area contributed by atoms with E-state index in [9.17, 15) is 9.59 Å². The minimum Gasteiger partial charge on any atom is -0.486 e. The monoisotopic (exact) mass is 402 g/mol. The fraction of sp³-hybridized carbons (Fsp3) is 0.368. The molecule has 130 valence electrons. The van der Waals surface area contributed by atoms with Crippen LogP contribution in [0.5, 0.6) is 5.75 Å². The number of aryl methyl sites for hydroxylation is 1. The van der Waals surface area contributed by atoms with Crippen LogP contribution >= 0.6 is 15.9 Å². The number of nitrogens with zero attached hydrogens (tertiary/aromatic N) is 2. The second kappa shape index (κ2) is 6.33. The Balaban J connectivity index is 1.39. The molecule has 25 heavy (non-hydrogen) atoms. The number of amides is 1. The van der Waals surface area contributed by atoms with Crippen LogP contribution in [-0.4, -0.2) is 34.6 Å². The van der Waals surface area contributed by atoms with E-state index in [2.05, 4.69) is 15.9 Å². The Morgan fingerprint density at radius 2 is 1.92 bits per heavy atom. The van der Waals surface area contributed by atoms with E-state index in [-0.39, 0.29) is 17.6 Å². The van der Waals surface area contributed by atoms with Crippen molar-refractivity contribution in [2.24, 2.45) is 0 Å². The number of ether oxygens (including phenoxy) is 1. The van der Waals surface area contributed by atoms with Crippen LogP contribution < -0.4 is 10.3 Å². The number of rotatable bonds is 4.